The van der Waals surface area contributed by atoms with E-state index in [0.29, 0.717) is 0 Å². The summed E-state index contributed by atoms with van der Waals surface area (Å²) in [6.45, 7) is 8.06. The summed E-state index contributed by atoms with van der Waals surface area (Å²) < 4.78 is 1.58. The first-order chi connectivity index (χ1) is 7.45. The molecule has 0 rings (SSSR count). The molecule has 0 saturated heterocycles. The number of aliphatic carboxylic acids is 2. The van der Waals surface area contributed by atoms with Gasteiger partial charge in [0.15, 0.2) is 0 Å². The molecule has 0 radical (unpaired) electrons. The summed E-state index contributed by atoms with van der Waals surface area (Å²) in [7, 11) is 0. The summed E-state index contributed by atoms with van der Waals surface area (Å²) >= 11 is 0.190. The molecule has 0 aliphatic rings. The molecule has 5 heteroatoms. The fraction of sp³-hybridized carbons (Fsp3) is 0.455. The van der Waals surface area contributed by atoms with Crippen LogP contribution in [0.2, 0.25) is 9.38 Å². The summed E-state index contributed by atoms with van der Waals surface area (Å²) in [5.74, 6) is -2.46. The zero-order valence-electron chi connectivity index (χ0n) is 9.82. The second kappa shape index (κ2) is 19.7. The molecule has 0 aromatic heterocycles. The maximum atomic E-state index is 9.14. The van der Waals surface area contributed by atoms with E-state index < -0.39 is 11.9 Å². The number of carboxylic acid groups (broad SMARTS) is 2. The summed E-state index contributed by atoms with van der Waals surface area (Å²) in [6, 6.07) is 0. The summed E-state index contributed by atoms with van der Waals surface area (Å²) in [6.07, 6.45) is 4.33. The Hall–Kier alpha value is -0.781. The molecule has 0 bridgehead atoms. The van der Waals surface area contributed by atoms with Gasteiger partial charge in [-0.25, -0.2) is 0 Å². The molecule has 0 amide bonds. The van der Waals surface area contributed by atoms with Crippen LogP contribution < -0.4 is 10.2 Å². The van der Waals surface area contributed by atoms with Crippen molar-refractivity contribution < 1.29 is 19.8 Å². The number of carboxylic acids is 2. The quantitative estimate of drug-likeness (QED) is 0.397. The van der Waals surface area contributed by atoms with Gasteiger partial charge < -0.3 is 19.8 Å². The molecule has 0 atom stereocenters. The van der Waals surface area contributed by atoms with Crippen molar-refractivity contribution in [2.75, 3.05) is 0 Å². The van der Waals surface area contributed by atoms with E-state index in [1.54, 1.807) is 4.44 Å². The standard InChI is InChI=1S/C4H9.2C3H4O2.CH3.Sn/c1-3-4-2;2*1-2-3(4)5;;/h1,3-4H2,2H3;2*2H,1H2,(H,4,5);1H3;/q;;;;+2/p-2. The van der Waals surface area contributed by atoms with Gasteiger partial charge in [0.1, 0.15) is 0 Å². The average molecular weight is 333 g/mol. The van der Waals surface area contributed by atoms with Crippen LogP contribution in [0.5, 0.6) is 0 Å². The van der Waals surface area contributed by atoms with Crippen LogP contribution in [0.3, 0.4) is 0 Å². The predicted molar refractivity (Wildman–Crippen MR) is 61.7 cm³/mol. The van der Waals surface area contributed by atoms with E-state index in [4.69, 9.17) is 19.8 Å². The van der Waals surface area contributed by atoms with E-state index in [1.165, 1.54) is 12.8 Å². The topological polar surface area (TPSA) is 80.3 Å². The van der Waals surface area contributed by atoms with Gasteiger partial charge in [0.05, 0.1) is 11.9 Å². The summed E-state index contributed by atoms with van der Waals surface area (Å²) in [5, 5.41) is 18.3. The number of carbonyl (C=O) groups excluding carboxylic acids is 2. The van der Waals surface area contributed by atoms with Crippen LogP contribution in [0.4, 0.5) is 0 Å². The van der Waals surface area contributed by atoms with E-state index in [0.717, 1.165) is 12.2 Å². The number of rotatable bonds is 5. The Morgan fingerprint density at radius 2 is 1.50 bits per heavy atom. The minimum atomic E-state index is -1.23. The van der Waals surface area contributed by atoms with E-state index >= 15 is 0 Å². The molecule has 4 nitrogen and oxygen atoms in total. The molecular weight excluding hydrogens is 315 g/mol. The molecule has 0 N–H and O–H groups in total. The van der Waals surface area contributed by atoms with Crippen molar-refractivity contribution in [1.82, 2.24) is 0 Å². The van der Waals surface area contributed by atoms with Gasteiger partial charge in [-0.15, -0.1) is 0 Å². The Morgan fingerprint density at radius 1 is 1.19 bits per heavy atom. The fourth-order valence-corrected chi connectivity index (χ4v) is 2.37. The van der Waals surface area contributed by atoms with Crippen LogP contribution in [-0.2, 0) is 9.59 Å². The van der Waals surface area contributed by atoms with Crippen LogP contribution in [0.1, 0.15) is 19.8 Å². The Labute approximate surface area is 107 Å². The van der Waals surface area contributed by atoms with Gasteiger partial charge in [0.2, 0.25) is 0 Å². The molecule has 0 unspecified atom stereocenters. The van der Waals surface area contributed by atoms with Crippen molar-refractivity contribution in [3.63, 3.8) is 0 Å². The second-order valence-electron chi connectivity index (χ2n) is 2.50. The number of unbranched alkanes of at least 4 members (excludes halogenated alkanes) is 1. The minimum absolute atomic E-state index is 0.190. The van der Waals surface area contributed by atoms with E-state index in [9.17, 15) is 0 Å². The average Bonchev–Trinajstić information content (AvgIpc) is 2.27. The molecule has 16 heavy (non-hydrogen) atoms. The van der Waals surface area contributed by atoms with Crippen LogP contribution >= 0.6 is 0 Å². The summed E-state index contributed by atoms with van der Waals surface area (Å²) in [4.78, 5) is 20.7. The first kappa shape index (κ1) is 20.6. The third-order valence-electron chi connectivity index (χ3n) is 1.11. The van der Waals surface area contributed by atoms with Gasteiger partial charge in [-0.2, -0.15) is 0 Å². The first-order valence-corrected chi connectivity index (χ1v) is 9.64. The van der Waals surface area contributed by atoms with Crippen LogP contribution in [0.15, 0.2) is 25.3 Å². The second-order valence-corrected chi connectivity index (χ2v) is 5.95. The fourth-order valence-electron chi connectivity index (χ4n) is 0.354. The third kappa shape index (κ3) is 51.0. The van der Waals surface area contributed by atoms with Gasteiger partial charge >= 0.3 is 50.3 Å². The first-order valence-electron chi connectivity index (χ1n) is 4.77. The van der Waals surface area contributed by atoms with Crippen molar-refractivity contribution in [2.24, 2.45) is 0 Å². The van der Waals surface area contributed by atoms with Gasteiger partial charge in [0, 0.05) is 0 Å². The van der Waals surface area contributed by atoms with Gasteiger partial charge in [-0.1, -0.05) is 13.2 Å². The maximum absolute atomic E-state index is 9.14. The van der Waals surface area contributed by atoms with Crippen molar-refractivity contribution in [1.29, 1.82) is 0 Å². The Balaban J connectivity index is -0.000000160. The van der Waals surface area contributed by atoms with Crippen molar-refractivity contribution in [3.05, 3.63) is 25.3 Å². The van der Waals surface area contributed by atoms with Crippen molar-refractivity contribution in [2.45, 2.75) is 29.1 Å². The van der Waals surface area contributed by atoms with E-state index in [-0.39, 0.29) is 21.1 Å². The van der Waals surface area contributed by atoms with E-state index in [2.05, 4.69) is 25.0 Å². The molecule has 0 saturated carbocycles. The predicted octanol–water partition coefficient (Wildman–Crippen LogP) is -0.198. The summed E-state index contributed by atoms with van der Waals surface area (Å²) in [5.41, 5.74) is 0. The molecule has 0 aliphatic heterocycles. The number of carbonyl (C=O) groups is 2. The third-order valence-corrected chi connectivity index (χ3v) is 3.55. The Bertz CT molecular complexity index is 180. The van der Waals surface area contributed by atoms with Crippen molar-refractivity contribution >= 4 is 33.1 Å². The molecule has 0 heterocycles. The molecule has 90 valence electrons. The molecule has 0 fully saturated rings. The monoisotopic (exact) mass is 334 g/mol. The van der Waals surface area contributed by atoms with Crippen LogP contribution in [0.25, 0.3) is 0 Å². The molecule has 0 spiro atoms. The van der Waals surface area contributed by atoms with Crippen LogP contribution in [0, 0.1) is 0 Å². The normalized spacial score (nSPS) is 6.88. The number of hydrogen-bond acceptors (Lipinski definition) is 4. The van der Waals surface area contributed by atoms with Crippen molar-refractivity contribution in [3.8, 4) is 0 Å². The van der Waals surface area contributed by atoms with Gasteiger partial charge in [-0.05, 0) is 12.2 Å². The van der Waals surface area contributed by atoms with Gasteiger partial charge in [0.25, 0.3) is 0 Å². The van der Waals surface area contributed by atoms with Crippen LogP contribution in [-0.4, -0.2) is 33.1 Å². The Morgan fingerprint density at radius 3 is 1.56 bits per heavy atom. The molecule has 0 aliphatic carbocycles. The zero-order valence-corrected chi connectivity index (χ0v) is 12.7. The zero-order chi connectivity index (χ0) is 13.4. The van der Waals surface area contributed by atoms with Gasteiger partial charge in [-0.3, -0.25) is 0 Å². The molecular formula is C11H18O4Sn. The molecule has 0 aromatic carbocycles. The molecule has 0 aromatic rings. The van der Waals surface area contributed by atoms with E-state index in [1.807, 2.05) is 0 Å². The Kier molecular flexibility index (Phi) is 25.4. The number of hydrogen-bond donors (Lipinski definition) is 0. The SMILES string of the molecule is C=CC(=O)[O-].C=CC(=O)[O-].CCC[CH2][Sn+2][CH3].